The minimum atomic E-state index is -3.25. The molecule has 8 heteroatoms. The summed E-state index contributed by atoms with van der Waals surface area (Å²) in [5, 5.41) is 12.5. The first kappa shape index (κ1) is 14.4. The van der Waals surface area contributed by atoms with E-state index in [0.717, 1.165) is 0 Å². The van der Waals surface area contributed by atoms with Crippen LogP contribution in [0.2, 0.25) is 0 Å². The second kappa shape index (κ2) is 7.68. The summed E-state index contributed by atoms with van der Waals surface area (Å²) in [6.07, 6.45) is -1.17. The normalized spacial score (nSPS) is 13.3. The van der Waals surface area contributed by atoms with Gasteiger partial charge in [-0.05, 0) is 19.4 Å². The molecule has 0 aromatic rings. The fourth-order valence-corrected chi connectivity index (χ4v) is 2.69. The molecule has 0 aliphatic rings. The lowest BCUT2D eigenvalue weighted by atomic mass is 10.4. The molecule has 7 nitrogen and oxygen atoms in total. The van der Waals surface area contributed by atoms with Crippen molar-refractivity contribution in [1.82, 2.24) is 0 Å². The molecular formula is C7H16N3O4P. The van der Waals surface area contributed by atoms with E-state index in [9.17, 15) is 9.67 Å². The number of rotatable bonds is 8. The molecule has 0 spiro atoms. The lowest BCUT2D eigenvalue weighted by Gasteiger charge is -2.18. The molecular weight excluding hydrogens is 221 g/mol. The molecule has 0 unspecified atom stereocenters. The van der Waals surface area contributed by atoms with E-state index in [1.54, 1.807) is 13.8 Å². The molecule has 0 aliphatic carbocycles. The van der Waals surface area contributed by atoms with Crippen LogP contribution in [0, 0.1) is 0 Å². The molecule has 0 radical (unpaired) electrons. The highest BCUT2D eigenvalue weighted by molar-refractivity contribution is 7.53. The van der Waals surface area contributed by atoms with Gasteiger partial charge in [-0.1, -0.05) is 5.11 Å². The van der Waals surface area contributed by atoms with E-state index < -0.39 is 13.7 Å². The summed E-state index contributed by atoms with van der Waals surface area (Å²) in [5.74, 6) is 0. The Balaban J connectivity index is 4.26. The van der Waals surface area contributed by atoms with Gasteiger partial charge in [-0.15, -0.1) is 0 Å². The van der Waals surface area contributed by atoms with Crippen LogP contribution < -0.4 is 0 Å². The SMILES string of the molecule is CCOP(=O)(C[C@@H](O)CN=[N+]=[N-])OCC. The van der Waals surface area contributed by atoms with Gasteiger partial charge in [0.05, 0.1) is 32.0 Å². The third-order valence-electron chi connectivity index (χ3n) is 1.44. The van der Waals surface area contributed by atoms with Gasteiger partial charge in [0.1, 0.15) is 0 Å². The van der Waals surface area contributed by atoms with Gasteiger partial charge >= 0.3 is 7.60 Å². The van der Waals surface area contributed by atoms with Crippen molar-refractivity contribution in [3.05, 3.63) is 10.4 Å². The van der Waals surface area contributed by atoms with Crippen LogP contribution in [0.5, 0.6) is 0 Å². The maximum atomic E-state index is 11.8. The van der Waals surface area contributed by atoms with E-state index in [0.29, 0.717) is 0 Å². The molecule has 0 saturated carbocycles. The highest BCUT2D eigenvalue weighted by Gasteiger charge is 2.27. The van der Waals surface area contributed by atoms with Crippen LogP contribution in [0.4, 0.5) is 0 Å². The van der Waals surface area contributed by atoms with E-state index in [2.05, 4.69) is 10.0 Å². The molecule has 1 N–H and O–H groups in total. The fourth-order valence-electron chi connectivity index (χ4n) is 0.983. The number of hydrogen-bond donors (Lipinski definition) is 1. The van der Waals surface area contributed by atoms with Crippen LogP contribution in [-0.4, -0.2) is 37.1 Å². The summed E-state index contributed by atoms with van der Waals surface area (Å²) < 4.78 is 21.8. The molecule has 0 saturated heterocycles. The van der Waals surface area contributed by atoms with E-state index in [4.69, 9.17) is 14.6 Å². The maximum Gasteiger partial charge on any atom is 0.333 e. The second-order valence-corrected chi connectivity index (χ2v) is 4.80. The molecule has 1 atom stereocenters. The Bertz CT molecular complexity index is 257. The van der Waals surface area contributed by atoms with Crippen LogP contribution in [0.15, 0.2) is 5.11 Å². The molecule has 0 amide bonds. The third kappa shape index (κ3) is 6.49. The molecule has 15 heavy (non-hydrogen) atoms. The van der Waals surface area contributed by atoms with E-state index in [1.165, 1.54) is 0 Å². The monoisotopic (exact) mass is 237 g/mol. The molecule has 0 aromatic heterocycles. The Labute approximate surface area is 88.5 Å². The number of hydrogen-bond acceptors (Lipinski definition) is 5. The van der Waals surface area contributed by atoms with Gasteiger partial charge in [0.25, 0.3) is 0 Å². The first-order valence-corrected chi connectivity index (χ1v) is 6.37. The Kier molecular flexibility index (Phi) is 7.38. The Morgan fingerprint density at radius 2 is 2.00 bits per heavy atom. The number of nitrogens with zero attached hydrogens (tertiary/aromatic N) is 3. The molecule has 0 aromatic carbocycles. The van der Waals surface area contributed by atoms with Gasteiger partial charge in [-0.3, -0.25) is 4.57 Å². The van der Waals surface area contributed by atoms with E-state index in [-0.39, 0.29) is 25.9 Å². The first-order valence-electron chi connectivity index (χ1n) is 4.65. The van der Waals surface area contributed by atoms with Gasteiger partial charge in [0, 0.05) is 4.91 Å². The van der Waals surface area contributed by atoms with Gasteiger partial charge in [-0.25, -0.2) is 0 Å². The fraction of sp³-hybridized carbons (Fsp3) is 1.00. The Morgan fingerprint density at radius 1 is 1.47 bits per heavy atom. The van der Waals surface area contributed by atoms with Crippen LogP contribution in [0.1, 0.15) is 13.8 Å². The Morgan fingerprint density at radius 3 is 2.40 bits per heavy atom. The zero-order valence-corrected chi connectivity index (χ0v) is 9.76. The predicted molar refractivity (Wildman–Crippen MR) is 55.7 cm³/mol. The summed E-state index contributed by atoms with van der Waals surface area (Å²) in [6, 6.07) is 0. The molecule has 0 aliphatic heterocycles. The lowest BCUT2D eigenvalue weighted by Crippen LogP contribution is -2.18. The lowest BCUT2D eigenvalue weighted by molar-refractivity contribution is 0.174. The van der Waals surface area contributed by atoms with Crippen molar-refractivity contribution < 1.29 is 18.7 Å². The molecule has 0 rings (SSSR count). The average molecular weight is 237 g/mol. The Hall–Kier alpha value is -0.580. The largest absolute Gasteiger partial charge is 0.392 e. The summed E-state index contributed by atoms with van der Waals surface area (Å²) in [6.45, 7) is 3.72. The zero-order valence-electron chi connectivity index (χ0n) is 8.87. The van der Waals surface area contributed by atoms with Crippen molar-refractivity contribution in [3.8, 4) is 0 Å². The van der Waals surface area contributed by atoms with Gasteiger partial charge < -0.3 is 14.2 Å². The van der Waals surface area contributed by atoms with Gasteiger partial charge in [0.15, 0.2) is 0 Å². The topological polar surface area (TPSA) is 105 Å². The standard InChI is InChI=1S/C7H16N3O4P/c1-3-13-15(12,14-4-2)6-7(11)5-9-10-8/h7,11H,3-6H2,1-2H3/t7-/m0/s1. The van der Waals surface area contributed by atoms with Crippen molar-refractivity contribution in [1.29, 1.82) is 0 Å². The van der Waals surface area contributed by atoms with E-state index in [1.807, 2.05) is 0 Å². The maximum absolute atomic E-state index is 11.8. The van der Waals surface area contributed by atoms with Crippen LogP contribution in [0.25, 0.3) is 10.4 Å². The predicted octanol–water partition coefficient (Wildman–Crippen LogP) is 1.92. The van der Waals surface area contributed by atoms with E-state index >= 15 is 0 Å². The highest BCUT2D eigenvalue weighted by atomic mass is 31.2. The summed E-state index contributed by atoms with van der Waals surface area (Å²) in [7, 11) is -3.25. The number of aliphatic hydroxyl groups is 1. The number of azide groups is 1. The van der Waals surface area contributed by atoms with Gasteiger partial charge in [-0.2, -0.15) is 0 Å². The van der Waals surface area contributed by atoms with Crippen LogP contribution in [0.3, 0.4) is 0 Å². The minimum absolute atomic E-state index is 0.138. The summed E-state index contributed by atoms with van der Waals surface area (Å²) >= 11 is 0. The van der Waals surface area contributed by atoms with Crippen molar-refractivity contribution in [2.24, 2.45) is 5.11 Å². The van der Waals surface area contributed by atoms with Gasteiger partial charge in [0.2, 0.25) is 0 Å². The van der Waals surface area contributed by atoms with Crippen molar-refractivity contribution in [2.45, 2.75) is 20.0 Å². The third-order valence-corrected chi connectivity index (χ3v) is 3.61. The quantitative estimate of drug-likeness (QED) is 0.301. The number of aliphatic hydroxyl groups excluding tert-OH is 1. The average Bonchev–Trinajstić information content (AvgIpc) is 2.15. The highest BCUT2D eigenvalue weighted by Crippen LogP contribution is 2.48. The summed E-state index contributed by atoms with van der Waals surface area (Å²) in [4.78, 5) is 2.49. The second-order valence-electron chi connectivity index (χ2n) is 2.70. The molecule has 0 heterocycles. The zero-order chi connectivity index (χ0) is 11.7. The molecule has 0 fully saturated rings. The molecule has 88 valence electrons. The minimum Gasteiger partial charge on any atom is -0.392 e. The molecule has 0 bridgehead atoms. The first-order chi connectivity index (χ1) is 7.08. The van der Waals surface area contributed by atoms with Crippen molar-refractivity contribution >= 4 is 7.60 Å². The van der Waals surface area contributed by atoms with Crippen LogP contribution >= 0.6 is 7.60 Å². The van der Waals surface area contributed by atoms with Crippen molar-refractivity contribution in [3.63, 3.8) is 0 Å². The summed E-state index contributed by atoms with van der Waals surface area (Å²) in [5.41, 5.74) is 8.04. The van der Waals surface area contributed by atoms with Crippen molar-refractivity contribution in [2.75, 3.05) is 25.9 Å². The van der Waals surface area contributed by atoms with Crippen LogP contribution in [-0.2, 0) is 13.6 Å². The smallest absolute Gasteiger partial charge is 0.333 e.